The number of alkyl halides is 3. The van der Waals surface area contributed by atoms with Crippen molar-refractivity contribution in [2.24, 2.45) is 0 Å². The summed E-state index contributed by atoms with van der Waals surface area (Å²) in [4.78, 5) is 11.8. The van der Waals surface area contributed by atoms with Crippen molar-refractivity contribution in [2.45, 2.75) is 26.6 Å². The molecule has 1 amide bonds. The Bertz CT molecular complexity index is 726. The number of rotatable bonds is 5. The van der Waals surface area contributed by atoms with E-state index in [1.54, 1.807) is 6.07 Å². The first-order valence-corrected chi connectivity index (χ1v) is 7.38. The summed E-state index contributed by atoms with van der Waals surface area (Å²) in [5.41, 5.74) is 1.65. The van der Waals surface area contributed by atoms with Crippen LogP contribution in [0.1, 0.15) is 22.3 Å². The molecule has 3 nitrogen and oxygen atoms in total. The van der Waals surface area contributed by atoms with Crippen LogP contribution in [-0.4, -0.2) is 12.5 Å². The van der Waals surface area contributed by atoms with Gasteiger partial charge in [-0.2, -0.15) is 13.2 Å². The minimum atomic E-state index is -4.40. The lowest BCUT2D eigenvalue weighted by atomic mass is 10.1. The van der Waals surface area contributed by atoms with Crippen molar-refractivity contribution in [3.63, 3.8) is 0 Å². The summed E-state index contributed by atoms with van der Waals surface area (Å²) in [6.45, 7) is 3.66. The molecule has 0 spiro atoms. The van der Waals surface area contributed by atoms with E-state index in [0.717, 1.165) is 23.3 Å². The van der Waals surface area contributed by atoms with E-state index < -0.39 is 17.6 Å². The number of benzene rings is 2. The Hall–Kier alpha value is -2.50. The van der Waals surface area contributed by atoms with Gasteiger partial charge in [0, 0.05) is 6.54 Å². The van der Waals surface area contributed by atoms with Crippen molar-refractivity contribution in [1.82, 2.24) is 5.32 Å². The third-order valence-electron chi connectivity index (χ3n) is 3.43. The second-order valence-electron chi connectivity index (χ2n) is 5.53. The minimum Gasteiger partial charge on any atom is -0.484 e. The molecule has 6 heteroatoms. The smallest absolute Gasteiger partial charge is 0.416 e. The Morgan fingerprint density at radius 3 is 2.54 bits per heavy atom. The molecule has 128 valence electrons. The average molecular weight is 337 g/mol. The fraction of sp³-hybridized carbons (Fsp3) is 0.278. The predicted molar refractivity (Wildman–Crippen MR) is 84.7 cm³/mol. The summed E-state index contributed by atoms with van der Waals surface area (Å²) in [5.74, 6) is 0.210. The van der Waals surface area contributed by atoms with Crippen LogP contribution in [-0.2, 0) is 17.5 Å². The molecular weight excluding hydrogens is 319 g/mol. The van der Waals surface area contributed by atoms with Crippen LogP contribution in [0.2, 0.25) is 0 Å². The van der Waals surface area contributed by atoms with Crippen molar-refractivity contribution < 1.29 is 22.7 Å². The first kappa shape index (κ1) is 17.8. The van der Waals surface area contributed by atoms with E-state index in [9.17, 15) is 18.0 Å². The molecule has 0 fully saturated rings. The summed E-state index contributed by atoms with van der Waals surface area (Å²) in [7, 11) is 0. The predicted octanol–water partition coefficient (Wildman–Crippen LogP) is 4.02. The standard InChI is InChI=1S/C18H18F3NO2/c1-12-6-7-16(13(2)8-12)24-11-17(23)22-10-14-4-3-5-15(9-14)18(19,20)21/h3-9H,10-11H2,1-2H3,(H,22,23). The molecule has 0 radical (unpaired) electrons. The first-order chi connectivity index (χ1) is 11.3. The highest BCUT2D eigenvalue weighted by Gasteiger charge is 2.30. The molecule has 2 rings (SSSR count). The zero-order valence-electron chi connectivity index (χ0n) is 13.4. The highest BCUT2D eigenvalue weighted by Crippen LogP contribution is 2.29. The topological polar surface area (TPSA) is 38.3 Å². The van der Waals surface area contributed by atoms with E-state index in [2.05, 4.69) is 5.32 Å². The zero-order valence-corrected chi connectivity index (χ0v) is 13.4. The summed E-state index contributed by atoms with van der Waals surface area (Å²) in [6, 6.07) is 10.5. The Morgan fingerprint density at radius 1 is 1.12 bits per heavy atom. The van der Waals surface area contributed by atoms with Gasteiger partial charge in [0.05, 0.1) is 5.56 Å². The van der Waals surface area contributed by atoms with E-state index in [1.807, 2.05) is 26.0 Å². The van der Waals surface area contributed by atoms with Gasteiger partial charge in [0.2, 0.25) is 0 Å². The maximum absolute atomic E-state index is 12.6. The third-order valence-corrected chi connectivity index (χ3v) is 3.43. The quantitative estimate of drug-likeness (QED) is 0.895. The monoisotopic (exact) mass is 337 g/mol. The van der Waals surface area contributed by atoms with E-state index in [-0.39, 0.29) is 13.2 Å². The molecule has 0 heterocycles. The number of aryl methyl sites for hydroxylation is 2. The molecule has 0 unspecified atom stereocenters. The van der Waals surface area contributed by atoms with Gasteiger partial charge in [-0.05, 0) is 43.2 Å². The minimum absolute atomic E-state index is 0.0129. The molecule has 1 N–H and O–H groups in total. The Kier molecular flexibility index (Phi) is 5.49. The van der Waals surface area contributed by atoms with Crippen LogP contribution < -0.4 is 10.1 Å². The Balaban J connectivity index is 1.87. The molecule has 0 atom stereocenters. The van der Waals surface area contributed by atoms with Crippen LogP contribution in [0.15, 0.2) is 42.5 Å². The molecule has 24 heavy (non-hydrogen) atoms. The largest absolute Gasteiger partial charge is 0.484 e. The fourth-order valence-electron chi connectivity index (χ4n) is 2.21. The van der Waals surface area contributed by atoms with Gasteiger partial charge in [0.25, 0.3) is 5.91 Å². The summed E-state index contributed by atoms with van der Waals surface area (Å²) < 4.78 is 43.3. The molecule has 0 aliphatic heterocycles. The van der Waals surface area contributed by atoms with Gasteiger partial charge in [-0.15, -0.1) is 0 Å². The fourth-order valence-corrected chi connectivity index (χ4v) is 2.21. The van der Waals surface area contributed by atoms with Gasteiger partial charge >= 0.3 is 6.18 Å². The van der Waals surface area contributed by atoms with Gasteiger partial charge in [-0.3, -0.25) is 4.79 Å². The number of hydrogen-bond donors (Lipinski definition) is 1. The number of ether oxygens (including phenoxy) is 1. The molecule has 0 saturated heterocycles. The molecule has 2 aromatic carbocycles. The molecule has 0 bridgehead atoms. The summed E-state index contributed by atoms with van der Waals surface area (Å²) >= 11 is 0. The van der Waals surface area contributed by atoms with Crippen LogP contribution in [0.4, 0.5) is 13.2 Å². The van der Waals surface area contributed by atoms with Crippen LogP contribution in [0.5, 0.6) is 5.75 Å². The number of hydrogen-bond acceptors (Lipinski definition) is 2. The number of halogens is 3. The molecule has 2 aromatic rings. The third kappa shape index (κ3) is 5.01. The number of carbonyl (C=O) groups is 1. The lowest BCUT2D eigenvalue weighted by Gasteiger charge is -2.11. The van der Waals surface area contributed by atoms with Crippen molar-refractivity contribution in [3.05, 3.63) is 64.7 Å². The van der Waals surface area contributed by atoms with E-state index in [0.29, 0.717) is 11.3 Å². The van der Waals surface area contributed by atoms with Gasteiger partial charge in [-0.1, -0.05) is 29.8 Å². The molecular formula is C18H18F3NO2. The van der Waals surface area contributed by atoms with Crippen LogP contribution >= 0.6 is 0 Å². The highest BCUT2D eigenvalue weighted by atomic mass is 19.4. The van der Waals surface area contributed by atoms with Gasteiger partial charge in [-0.25, -0.2) is 0 Å². The van der Waals surface area contributed by atoms with Crippen LogP contribution in [0, 0.1) is 13.8 Å². The van der Waals surface area contributed by atoms with E-state index >= 15 is 0 Å². The highest BCUT2D eigenvalue weighted by molar-refractivity contribution is 5.77. The summed E-state index contributed by atoms with van der Waals surface area (Å²) in [6.07, 6.45) is -4.40. The van der Waals surface area contributed by atoms with Crippen LogP contribution in [0.3, 0.4) is 0 Å². The van der Waals surface area contributed by atoms with Gasteiger partial charge < -0.3 is 10.1 Å². The second-order valence-corrected chi connectivity index (χ2v) is 5.53. The van der Waals surface area contributed by atoms with E-state index in [4.69, 9.17) is 4.74 Å². The van der Waals surface area contributed by atoms with Crippen LogP contribution in [0.25, 0.3) is 0 Å². The molecule has 0 aliphatic rings. The number of nitrogens with one attached hydrogen (secondary N) is 1. The Labute approximate surface area is 138 Å². The average Bonchev–Trinajstić information content (AvgIpc) is 2.51. The van der Waals surface area contributed by atoms with Crippen molar-refractivity contribution in [1.29, 1.82) is 0 Å². The SMILES string of the molecule is Cc1ccc(OCC(=O)NCc2cccc(C(F)(F)F)c2)c(C)c1. The number of carbonyl (C=O) groups excluding carboxylic acids is 1. The van der Waals surface area contributed by atoms with Gasteiger partial charge in [0.1, 0.15) is 5.75 Å². The van der Waals surface area contributed by atoms with Gasteiger partial charge in [0.15, 0.2) is 6.61 Å². The first-order valence-electron chi connectivity index (χ1n) is 7.38. The second kappa shape index (κ2) is 7.38. The molecule has 0 aliphatic carbocycles. The molecule has 0 aromatic heterocycles. The maximum Gasteiger partial charge on any atom is 0.416 e. The van der Waals surface area contributed by atoms with Crippen molar-refractivity contribution >= 4 is 5.91 Å². The Morgan fingerprint density at radius 2 is 1.88 bits per heavy atom. The van der Waals surface area contributed by atoms with E-state index in [1.165, 1.54) is 12.1 Å². The lowest BCUT2D eigenvalue weighted by molar-refractivity contribution is -0.137. The zero-order chi connectivity index (χ0) is 17.7. The number of amides is 1. The normalized spacial score (nSPS) is 11.2. The van der Waals surface area contributed by atoms with Crippen molar-refractivity contribution in [2.75, 3.05) is 6.61 Å². The maximum atomic E-state index is 12.6. The van der Waals surface area contributed by atoms with Crippen molar-refractivity contribution in [3.8, 4) is 5.75 Å². The molecule has 0 saturated carbocycles. The lowest BCUT2D eigenvalue weighted by Crippen LogP contribution is -2.28. The summed E-state index contributed by atoms with van der Waals surface area (Å²) in [5, 5.41) is 2.55.